The van der Waals surface area contributed by atoms with Crippen LogP contribution >= 0.6 is 7.37 Å². The van der Waals surface area contributed by atoms with Gasteiger partial charge in [-0.1, -0.05) is 27.7 Å². The van der Waals surface area contributed by atoms with Crippen LogP contribution in [0.2, 0.25) is 0 Å². The van der Waals surface area contributed by atoms with Crippen molar-refractivity contribution in [2.45, 2.75) is 27.7 Å². The molecule has 1 N–H and O–H groups in total. The first kappa shape index (κ1) is 15.1. The van der Waals surface area contributed by atoms with E-state index >= 15 is 0 Å². The molecule has 0 amide bonds. The van der Waals surface area contributed by atoms with Gasteiger partial charge in [0.05, 0.1) is 12.6 Å². The van der Waals surface area contributed by atoms with E-state index in [0.717, 1.165) is 26.2 Å². The summed E-state index contributed by atoms with van der Waals surface area (Å²) in [6.07, 6.45) is 0.632. The lowest BCUT2D eigenvalue weighted by molar-refractivity contribution is 0.302. The second-order valence-corrected chi connectivity index (χ2v) is 5.99. The van der Waals surface area contributed by atoms with Crippen molar-refractivity contribution >= 4 is 7.37 Å². The normalized spacial score (nSPS) is 12.7. The van der Waals surface area contributed by atoms with Crippen LogP contribution in [0.3, 0.4) is 0 Å². The molecule has 15 heavy (non-hydrogen) atoms. The molecule has 0 heterocycles. The maximum Gasteiger partial charge on any atom is 0.227 e. The van der Waals surface area contributed by atoms with E-state index in [0.29, 0.717) is 12.6 Å². The molecule has 0 atom stereocenters. The zero-order chi connectivity index (χ0) is 11.9. The van der Waals surface area contributed by atoms with Crippen molar-refractivity contribution in [3.05, 3.63) is 0 Å². The Morgan fingerprint density at radius 3 is 1.33 bits per heavy atom. The highest BCUT2D eigenvalue weighted by Crippen LogP contribution is 2.41. The number of hydrogen-bond acceptors (Lipinski definition) is 3. The second-order valence-electron chi connectivity index (χ2n) is 3.74. The summed E-state index contributed by atoms with van der Waals surface area (Å²) in [7, 11) is -3.02. The Labute approximate surface area is 93.7 Å². The van der Waals surface area contributed by atoms with Gasteiger partial charge in [-0.2, -0.15) is 0 Å². The molecule has 0 aliphatic heterocycles. The van der Waals surface area contributed by atoms with Crippen LogP contribution in [0.15, 0.2) is 0 Å². The molecule has 0 bridgehead atoms. The molecule has 0 fully saturated rings. The third-order valence-corrected chi connectivity index (χ3v) is 4.31. The third kappa shape index (κ3) is 6.31. The van der Waals surface area contributed by atoms with Gasteiger partial charge in [-0.3, -0.25) is 14.4 Å². The van der Waals surface area contributed by atoms with E-state index < -0.39 is 7.37 Å². The Kier molecular flexibility index (Phi) is 7.45. The van der Waals surface area contributed by atoms with Crippen LogP contribution in [0.1, 0.15) is 27.7 Å². The first-order chi connectivity index (χ1) is 6.99. The fourth-order valence-electron chi connectivity index (χ4n) is 1.52. The molecular formula is C10H25N2O2P. The fraction of sp³-hybridized carbons (Fsp3) is 1.00. The summed E-state index contributed by atoms with van der Waals surface area (Å²) < 4.78 is 11.9. The lowest BCUT2D eigenvalue weighted by atomic mass is 10.6. The van der Waals surface area contributed by atoms with Crippen molar-refractivity contribution in [2.24, 2.45) is 0 Å². The monoisotopic (exact) mass is 236 g/mol. The molecule has 0 aromatic rings. The zero-order valence-electron chi connectivity index (χ0n) is 10.4. The SMILES string of the molecule is CCN(CC)CP(=O)(O)CN(CC)CC. The van der Waals surface area contributed by atoms with Crippen LogP contribution in [0.25, 0.3) is 0 Å². The molecule has 92 valence electrons. The van der Waals surface area contributed by atoms with Crippen LogP contribution in [-0.4, -0.2) is 53.4 Å². The molecule has 0 saturated carbocycles. The fourth-order valence-corrected chi connectivity index (χ4v) is 3.66. The Balaban J connectivity index is 4.21. The van der Waals surface area contributed by atoms with Gasteiger partial charge in [0.1, 0.15) is 0 Å². The number of hydrogen-bond donors (Lipinski definition) is 1. The standard InChI is InChI=1S/C10H25N2O2P/c1-5-11(6-2)9-15(13,14)10-12(7-3)8-4/h5-10H2,1-4H3,(H,13,14). The van der Waals surface area contributed by atoms with Crippen LogP contribution in [0.5, 0.6) is 0 Å². The molecule has 0 spiro atoms. The summed E-state index contributed by atoms with van der Waals surface area (Å²) >= 11 is 0. The van der Waals surface area contributed by atoms with Crippen LogP contribution in [0.4, 0.5) is 0 Å². The Bertz CT molecular complexity index is 186. The Morgan fingerprint density at radius 2 is 1.13 bits per heavy atom. The van der Waals surface area contributed by atoms with Crippen molar-refractivity contribution < 1.29 is 9.46 Å². The van der Waals surface area contributed by atoms with E-state index in [-0.39, 0.29) is 0 Å². The van der Waals surface area contributed by atoms with Gasteiger partial charge < -0.3 is 4.89 Å². The van der Waals surface area contributed by atoms with Gasteiger partial charge in [0.25, 0.3) is 0 Å². The molecular weight excluding hydrogens is 211 g/mol. The molecule has 0 unspecified atom stereocenters. The third-order valence-electron chi connectivity index (χ3n) is 2.63. The number of rotatable bonds is 8. The first-order valence-corrected chi connectivity index (χ1v) is 7.77. The highest BCUT2D eigenvalue weighted by atomic mass is 31.2. The summed E-state index contributed by atoms with van der Waals surface area (Å²) in [5.74, 6) is 0. The molecule has 4 nitrogen and oxygen atoms in total. The minimum atomic E-state index is -3.02. The molecule has 0 aliphatic rings. The predicted molar refractivity (Wildman–Crippen MR) is 65.4 cm³/mol. The van der Waals surface area contributed by atoms with E-state index in [1.54, 1.807) is 0 Å². The lowest BCUT2D eigenvalue weighted by Crippen LogP contribution is -2.29. The molecule has 5 heteroatoms. The molecule has 0 saturated heterocycles. The summed E-state index contributed by atoms with van der Waals surface area (Å²) in [5, 5.41) is 0. The van der Waals surface area contributed by atoms with Gasteiger partial charge in [-0.05, 0) is 26.2 Å². The van der Waals surface area contributed by atoms with E-state index in [1.807, 2.05) is 37.5 Å². The topological polar surface area (TPSA) is 43.8 Å². The van der Waals surface area contributed by atoms with Crippen molar-refractivity contribution in [3.63, 3.8) is 0 Å². The minimum Gasteiger partial charge on any atom is -0.343 e. The van der Waals surface area contributed by atoms with Crippen LogP contribution < -0.4 is 0 Å². The van der Waals surface area contributed by atoms with Gasteiger partial charge in [0.15, 0.2) is 0 Å². The average molecular weight is 236 g/mol. The van der Waals surface area contributed by atoms with Gasteiger partial charge in [-0.25, -0.2) is 0 Å². The van der Waals surface area contributed by atoms with Gasteiger partial charge in [0, 0.05) is 0 Å². The largest absolute Gasteiger partial charge is 0.343 e. The van der Waals surface area contributed by atoms with Crippen molar-refractivity contribution in [1.82, 2.24) is 9.80 Å². The molecule has 0 rings (SSSR count). The van der Waals surface area contributed by atoms with Crippen molar-refractivity contribution in [1.29, 1.82) is 0 Å². The lowest BCUT2D eigenvalue weighted by Gasteiger charge is -2.26. The highest BCUT2D eigenvalue weighted by Gasteiger charge is 2.23. The quantitative estimate of drug-likeness (QED) is 0.653. The minimum absolute atomic E-state index is 0.316. The van der Waals surface area contributed by atoms with Crippen LogP contribution in [0, 0.1) is 0 Å². The van der Waals surface area contributed by atoms with E-state index in [2.05, 4.69) is 0 Å². The maximum atomic E-state index is 11.9. The summed E-state index contributed by atoms with van der Waals surface area (Å²) in [4.78, 5) is 13.9. The Hall–Kier alpha value is 0.110. The summed E-state index contributed by atoms with van der Waals surface area (Å²) in [6, 6.07) is 0. The van der Waals surface area contributed by atoms with Crippen molar-refractivity contribution in [3.8, 4) is 0 Å². The average Bonchev–Trinajstić information content (AvgIpc) is 2.22. The van der Waals surface area contributed by atoms with E-state index in [4.69, 9.17) is 0 Å². The zero-order valence-corrected chi connectivity index (χ0v) is 11.3. The number of nitrogens with zero attached hydrogens (tertiary/aromatic N) is 2. The maximum absolute atomic E-state index is 11.9. The second kappa shape index (κ2) is 7.39. The van der Waals surface area contributed by atoms with E-state index in [1.165, 1.54) is 0 Å². The van der Waals surface area contributed by atoms with Gasteiger partial charge in [-0.15, -0.1) is 0 Å². The van der Waals surface area contributed by atoms with Gasteiger partial charge >= 0.3 is 0 Å². The smallest absolute Gasteiger partial charge is 0.227 e. The van der Waals surface area contributed by atoms with Gasteiger partial charge in [0.2, 0.25) is 7.37 Å². The first-order valence-electron chi connectivity index (χ1n) is 5.74. The highest BCUT2D eigenvalue weighted by molar-refractivity contribution is 7.57. The Morgan fingerprint density at radius 1 is 0.867 bits per heavy atom. The molecule has 0 radical (unpaired) electrons. The van der Waals surface area contributed by atoms with Crippen molar-refractivity contribution in [2.75, 3.05) is 38.8 Å². The van der Waals surface area contributed by atoms with E-state index in [9.17, 15) is 9.46 Å². The van der Waals surface area contributed by atoms with Crippen LogP contribution in [-0.2, 0) is 4.57 Å². The molecule has 0 aromatic carbocycles. The molecule has 0 aromatic heterocycles. The predicted octanol–water partition coefficient (Wildman–Crippen LogP) is 1.86. The summed E-state index contributed by atoms with van der Waals surface area (Å²) in [6.45, 7) is 11.4. The molecule has 0 aliphatic carbocycles. The summed E-state index contributed by atoms with van der Waals surface area (Å²) in [5.41, 5.74) is 0.